The maximum Gasteiger partial charge on any atom is 0.243 e. The van der Waals surface area contributed by atoms with Crippen LogP contribution in [0.4, 0.5) is 0 Å². The molecule has 0 bridgehead atoms. The first-order valence-electron chi connectivity index (χ1n) is 9.68. The van der Waals surface area contributed by atoms with Gasteiger partial charge in [-0.25, -0.2) is 16.8 Å². The molecule has 166 valence electrons. The largest absolute Gasteiger partial charge is 0.295 e. The van der Waals surface area contributed by atoms with Crippen molar-refractivity contribution in [2.75, 3.05) is 19.6 Å². The highest BCUT2D eigenvalue weighted by molar-refractivity contribution is 7.89. The molecular formula is C21H24N2O6S2. The zero-order valence-corrected chi connectivity index (χ0v) is 19.1. The fraction of sp³-hybridized carbons (Fsp3) is 0.333. The van der Waals surface area contributed by atoms with Gasteiger partial charge in [-0.2, -0.15) is 8.61 Å². The average molecular weight is 465 g/mol. The molecule has 1 saturated heterocycles. The monoisotopic (exact) mass is 464 g/mol. The van der Waals surface area contributed by atoms with E-state index in [0.717, 1.165) is 0 Å². The standard InChI is InChI=1S/C21H24N2O6S2/c1-15-14-22(30(26,27)20-8-4-6-18(12-20)16(2)24)10-11-23(15)31(28,29)21-9-5-7-19(13-21)17(3)25/h4-9,12-13,15H,10-11,14H2,1-3H3. The molecule has 0 aromatic heterocycles. The van der Waals surface area contributed by atoms with E-state index in [4.69, 9.17) is 0 Å². The van der Waals surface area contributed by atoms with E-state index in [-0.39, 0.29) is 41.0 Å². The third-order valence-corrected chi connectivity index (χ3v) is 9.13. The summed E-state index contributed by atoms with van der Waals surface area (Å²) >= 11 is 0. The summed E-state index contributed by atoms with van der Waals surface area (Å²) in [7, 11) is -7.79. The molecule has 0 aliphatic carbocycles. The van der Waals surface area contributed by atoms with Gasteiger partial charge in [-0.3, -0.25) is 9.59 Å². The second kappa shape index (κ2) is 8.62. The molecular weight excluding hydrogens is 440 g/mol. The van der Waals surface area contributed by atoms with E-state index in [1.165, 1.54) is 58.9 Å². The van der Waals surface area contributed by atoms with Gasteiger partial charge in [-0.15, -0.1) is 0 Å². The molecule has 10 heteroatoms. The predicted octanol–water partition coefficient (Wildman–Crippen LogP) is 2.18. The van der Waals surface area contributed by atoms with E-state index in [1.807, 2.05) is 0 Å². The molecule has 8 nitrogen and oxygen atoms in total. The number of hydrogen-bond acceptors (Lipinski definition) is 6. The van der Waals surface area contributed by atoms with Crippen molar-refractivity contribution < 1.29 is 26.4 Å². The van der Waals surface area contributed by atoms with Crippen molar-refractivity contribution in [3.05, 3.63) is 59.7 Å². The Morgan fingerprint density at radius 1 is 0.806 bits per heavy atom. The van der Waals surface area contributed by atoms with Crippen molar-refractivity contribution in [3.8, 4) is 0 Å². The minimum atomic E-state index is -3.90. The number of nitrogens with zero attached hydrogens (tertiary/aromatic N) is 2. The van der Waals surface area contributed by atoms with Crippen molar-refractivity contribution in [1.29, 1.82) is 0 Å². The van der Waals surface area contributed by atoms with Crippen LogP contribution < -0.4 is 0 Å². The third-order valence-electron chi connectivity index (χ3n) is 5.25. The van der Waals surface area contributed by atoms with E-state index in [1.54, 1.807) is 19.1 Å². The fourth-order valence-corrected chi connectivity index (χ4v) is 6.74. The van der Waals surface area contributed by atoms with Gasteiger partial charge in [0.2, 0.25) is 20.0 Å². The molecule has 2 aromatic carbocycles. The topological polar surface area (TPSA) is 109 Å². The van der Waals surface area contributed by atoms with Crippen molar-refractivity contribution in [3.63, 3.8) is 0 Å². The Kier molecular flexibility index (Phi) is 6.47. The summed E-state index contributed by atoms with van der Waals surface area (Å²) in [4.78, 5) is 23.2. The Labute approximate surface area is 182 Å². The van der Waals surface area contributed by atoms with Gasteiger partial charge in [0, 0.05) is 36.8 Å². The number of Topliss-reactive ketones (excluding diaryl/α,β-unsaturated/α-hetero) is 2. The maximum atomic E-state index is 13.1. The number of benzene rings is 2. The first-order valence-corrected chi connectivity index (χ1v) is 12.6. The fourth-order valence-electron chi connectivity index (χ4n) is 3.52. The lowest BCUT2D eigenvalue weighted by molar-refractivity contribution is 0.100. The Morgan fingerprint density at radius 2 is 1.29 bits per heavy atom. The van der Waals surface area contributed by atoms with Gasteiger partial charge < -0.3 is 0 Å². The number of piperazine rings is 1. The summed E-state index contributed by atoms with van der Waals surface area (Å²) in [6.07, 6.45) is 0. The Balaban J connectivity index is 1.85. The van der Waals surface area contributed by atoms with Gasteiger partial charge in [-0.05, 0) is 45.0 Å². The quantitative estimate of drug-likeness (QED) is 0.606. The first-order chi connectivity index (χ1) is 14.4. The van der Waals surface area contributed by atoms with Gasteiger partial charge in [0.15, 0.2) is 11.6 Å². The van der Waals surface area contributed by atoms with Gasteiger partial charge in [0.25, 0.3) is 0 Å². The van der Waals surface area contributed by atoms with E-state index in [2.05, 4.69) is 0 Å². The number of sulfonamides is 2. The second-order valence-electron chi connectivity index (χ2n) is 7.50. The van der Waals surface area contributed by atoms with Crippen LogP contribution in [0.15, 0.2) is 58.3 Å². The molecule has 31 heavy (non-hydrogen) atoms. The number of ketones is 2. The van der Waals surface area contributed by atoms with E-state index < -0.39 is 26.1 Å². The molecule has 1 heterocycles. The highest BCUT2D eigenvalue weighted by Gasteiger charge is 2.38. The van der Waals surface area contributed by atoms with Gasteiger partial charge in [0.1, 0.15) is 0 Å². The zero-order valence-electron chi connectivity index (χ0n) is 17.5. The van der Waals surface area contributed by atoms with Crippen LogP contribution in [0.25, 0.3) is 0 Å². The van der Waals surface area contributed by atoms with Crippen LogP contribution in [0.1, 0.15) is 41.5 Å². The van der Waals surface area contributed by atoms with Crippen LogP contribution in [0.2, 0.25) is 0 Å². The van der Waals surface area contributed by atoms with Crippen molar-refractivity contribution in [1.82, 2.24) is 8.61 Å². The zero-order chi connectivity index (χ0) is 23.0. The number of carbonyl (C=O) groups is 2. The summed E-state index contributed by atoms with van der Waals surface area (Å²) in [5.41, 5.74) is 0.584. The third kappa shape index (κ3) is 4.62. The highest BCUT2D eigenvalue weighted by atomic mass is 32.2. The Bertz CT molecular complexity index is 1240. The molecule has 1 aliphatic heterocycles. The Morgan fingerprint density at radius 3 is 1.74 bits per heavy atom. The normalized spacial score (nSPS) is 18.6. The predicted molar refractivity (Wildman–Crippen MR) is 115 cm³/mol. The highest BCUT2D eigenvalue weighted by Crippen LogP contribution is 2.26. The average Bonchev–Trinajstić information content (AvgIpc) is 2.73. The summed E-state index contributed by atoms with van der Waals surface area (Å²) in [6.45, 7) is 4.28. The van der Waals surface area contributed by atoms with Crippen LogP contribution in [0, 0.1) is 0 Å². The van der Waals surface area contributed by atoms with E-state index >= 15 is 0 Å². The van der Waals surface area contributed by atoms with Crippen LogP contribution in [-0.4, -0.2) is 62.7 Å². The van der Waals surface area contributed by atoms with Crippen LogP contribution in [0.5, 0.6) is 0 Å². The minimum Gasteiger partial charge on any atom is -0.295 e. The maximum absolute atomic E-state index is 13.1. The molecule has 0 N–H and O–H groups in total. The van der Waals surface area contributed by atoms with Crippen LogP contribution in [-0.2, 0) is 20.0 Å². The molecule has 0 radical (unpaired) electrons. The molecule has 0 saturated carbocycles. The molecule has 0 amide bonds. The van der Waals surface area contributed by atoms with Crippen LogP contribution >= 0.6 is 0 Å². The lowest BCUT2D eigenvalue weighted by atomic mass is 10.2. The second-order valence-corrected chi connectivity index (χ2v) is 11.3. The molecule has 0 spiro atoms. The van der Waals surface area contributed by atoms with E-state index in [9.17, 15) is 26.4 Å². The molecule has 1 unspecified atom stereocenters. The number of hydrogen-bond donors (Lipinski definition) is 0. The first kappa shape index (κ1) is 23.3. The van der Waals surface area contributed by atoms with Crippen LogP contribution in [0.3, 0.4) is 0 Å². The molecule has 2 aromatic rings. The summed E-state index contributed by atoms with van der Waals surface area (Å²) < 4.78 is 54.9. The summed E-state index contributed by atoms with van der Waals surface area (Å²) in [5.74, 6) is -0.483. The number of rotatable bonds is 6. The van der Waals surface area contributed by atoms with Crippen molar-refractivity contribution in [2.24, 2.45) is 0 Å². The molecule has 1 atom stereocenters. The van der Waals surface area contributed by atoms with E-state index in [0.29, 0.717) is 11.1 Å². The van der Waals surface area contributed by atoms with Gasteiger partial charge in [-0.1, -0.05) is 24.3 Å². The minimum absolute atomic E-state index is 0.00198. The lowest BCUT2D eigenvalue weighted by Crippen LogP contribution is -2.55. The smallest absolute Gasteiger partial charge is 0.243 e. The molecule has 1 fully saturated rings. The molecule has 3 rings (SSSR count). The summed E-state index contributed by atoms with van der Waals surface area (Å²) in [6, 6.07) is 11.0. The van der Waals surface area contributed by atoms with Crippen molar-refractivity contribution >= 4 is 31.6 Å². The SMILES string of the molecule is CC(=O)c1cccc(S(=O)(=O)N2CCN(S(=O)(=O)c3cccc(C(C)=O)c3)C(C)C2)c1. The van der Waals surface area contributed by atoms with Gasteiger partial charge >= 0.3 is 0 Å². The summed E-state index contributed by atoms with van der Waals surface area (Å²) in [5, 5.41) is 0. The molecule has 1 aliphatic rings. The van der Waals surface area contributed by atoms with Crippen molar-refractivity contribution in [2.45, 2.75) is 36.6 Å². The number of carbonyl (C=O) groups excluding carboxylic acids is 2. The van der Waals surface area contributed by atoms with Gasteiger partial charge in [0.05, 0.1) is 9.79 Å². The Hall–Kier alpha value is -2.40. The lowest BCUT2D eigenvalue weighted by Gasteiger charge is -2.38.